The van der Waals surface area contributed by atoms with E-state index in [0.29, 0.717) is 34.8 Å². The Bertz CT molecular complexity index is 737. The molecule has 0 amide bonds. The van der Waals surface area contributed by atoms with Crippen LogP contribution in [0.1, 0.15) is 63.5 Å². The summed E-state index contributed by atoms with van der Waals surface area (Å²) in [6.45, 7) is 6.92. The van der Waals surface area contributed by atoms with Crippen molar-refractivity contribution in [1.29, 1.82) is 0 Å². The molecule has 0 aromatic heterocycles. The maximum Gasteiger partial charge on any atom is 0.180 e. The lowest BCUT2D eigenvalue weighted by Gasteiger charge is -2.16. The fraction of sp³-hybridized carbons (Fsp3) is 0.500. The lowest BCUT2D eigenvalue weighted by Crippen LogP contribution is -2.15. The van der Waals surface area contributed by atoms with Crippen LogP contribution in [-0.4, -0.2) is 13.2 Å². The molecule has 1 N–H and O–H groups in total. The molecular formula is C24H33Cl2NO2. The average Bonchev–Trinajstić information content (AvgIpc) is 2.70. The SMILES string of the molecule is CCCCCCCCNCc1cc(Cl)c(OCc2cccc(Cl)c2)c(OCC)c1. The van der Waals surface area contributed by atoms with E-state index in [0.717, 1.165) is 24.2 Å². The zero-order valence-electron chi connectivity index (χ0n) is 17.6. The Morgan fingerprint density at radius 2 is 1.66 bits per heavy atom. The fourth-order valence-electron chi connectivity index (χ4n) is 3.17. The van der Waals surface area contributed by atoms with Crippen molar-refractivity contribution in [1.82, 2.24) is 5.32 Å². The van der Waals surface area contributed by atoms with Crippen LogP contribution in [0.2, 0.25) is 10.0 Å². The van der Waals surface area contributed by atoms with Gasteiger partial charge in [-0.3, -0.25) is 0 Å². The number of hydrogen-bond donors (Lipinski definition) is 1. The van der Waals surface area contributed by atoms with Crippen molar-refractivity contribution in [2.24, 2.45) is 0 Å². The molecule has 0 radical (unpaired) electrons. The van der Waals surface area contributed by atoms with Gasteiger partial charge in [-0.1, -0.05) is 74.4 Å². The Balaban J connectivity index is 1.89. The van der Waals surface area contributed by atoms with Gasteiger partial charge in [-0.05, 0) is 55.3 Å². The highest BCUT2D eigenvalue weighted by Gasteiger charge is 2.13. The molecule has 0 saturated heterocycles. The van der Waals surface area contributed by atoms with Crippen LogP contribution < -0.4 is 14.8 Å². The minimum absolute atomic E-state index is 0.385. The van der Waals surface area contributed by atoms with Crippen LogP contribution in [0.5, 0.6) is 11.5 Å². The molecule has 0 unspecified atom stereocenters. The van der Waals surface area contributed by atoms with Crippen LogP contribution >= 0.6 is 23.2 Å². The zero-order valence-corrected chi connectivity index (χ0v) is 19.1. The number of halogens is 2. The maximum atomic E-state index is 6.52. The Hall–Kier alpha value is -1.42. The van der Waals surface area contributed by atoms with Crippen molar-refractivity contribution in [2.45, 2.75) is 65.5 Å². The summed E-state index contributed by atoms with van der Waals surface area (Å²) in [6.07, 6.45) is 7.80. The number of rotatable bonds is 14. The van der Waals surface area contributed by atoms with Gasteiger partial charge < -0.3 is 14.8 Å². The van der Waals surface area contributed by atoms with Gasteiger partial charge in [-0.2, -0.15) is 0 Å². The molecule has 0 saturated carbocycles. The topological polar surface area (TPSA) is 30.5 Å². The summed E-state index contributed by atoms with van der Waals surface area (Å²) in [6, 6.07) is 11.6. The highest BCUT2D eigenvalue weighted by atomic mass is 35.5. The summed E-state index contributed by atoms with van der Waals surface area (Å²) in [7, 11) is 0. The molecule has 160 valence electrons. The molecule has 2 rings (SSSR count). The molecule has 0 atom stereocenters. The van der Waals surface area contributed by atoms with Crippen molar-refractivity contribution in [3.63, 3.8) is 0 Å². The van der Waals surface area contributed by atoms with E-state index in [1.54, 1.807) is 0 Å². The Morgan fingerprint density at radius 1 is 0.862 bits per heavy atom. The second kappa shape index (κ2) is 13.7. The average molecular weight is 438 g/mol. The molecule has 0 fully saturated rings. The number of ether oxygens (including phenoxy) is 2. The highest BCUT2D eigenvalue weighted by Crippen LogP contribution is 2.37. The third-order valence-corrected chi connectivity index (χ3v) is 5.19. The largest absolute Gasteiger partial charge is 0.490 e. The molecule has 3 nitrogen and oxygen atoms in total. The fourth-order valence-corrected chi connectivity index (χ4v) is 3.67. The lowest BCUT2D eigenvalue weighted by atomic mass is 10.1. The van der Waals surface area contributed by atoms with Gasteiger partial charge in [0.1, 0.15) is 6.61 Å². The lowest BCUT2D eigenvalue weighted by molar-refractivity contribution is 0.269. The molecule has 0 aliphatic heterocycles. The standard InChI is InChI=1S/C24H33Cl2NO2/c1-3-5-6-7-8-9-13-27-17-20-15-22(26)24(23(16-20)28-4-2)29-18-19-11-10-12-21(25)14-19/h10-12,14-16,27H,3-9,13,17-18H2,1-2H3. The number of unbranched alkanes of at least 4 members (excludes halogenated alkanes) is 5. The van der Waals surface area contributed by atoms with E-state index in [1.807, 2.05) is 43.3 Å². The summed E-state index contributed by atoms with van der Waals surface area (Å²) >= 11 is 12.6. The summed E-state index contributed by atoms with van der Waals surface area (Å²) < 4.78 is 11.8. The number of benzene rings is 2. The normalized spacial score (nSPS) is 10.9. The van der Waals surface area contributed by atoms with Crippen molar-refractivity contribution in [3.8, 4) is 11.5 Å². The smallest absolute Gasteiger partial charge is 0.180 e. The number of hydrogen-bond acceptors (Lipinski definition) is 3. The molecule has 0 aliphatic rings. The molecule has 2 aromatic rings. The van der Waals surface area contributed by atoms with Crippen LogP contribution in [0.15, 0.2) is 36.4 Å². The van der Waals surface area contributed by atoms with E-state index < -0.39 is 0 Å². The van der Waals surface area contributed by atoms with E-state index >= 15 is 0 Å². The molecule has 2 aromatic carbocycles. The second-order valence-corrected chi connectivity index (χ2v) is 8.04. The van der Waals surface area contributed by atoms with Crippen molar-refractivity contribution in [2.75, 3.05) is 13.2 Å². The highest BCUT2D eigenvalue weighted by molar-refractivity contribution is 6.32. The van der Waals surface area contributed by atoms with Gasteiger partial charge in [0.05, 0.1) is 11.6 Å². The molecule has 0 heterocycles. The molecule has 0 spiro atoms. The first-order chi connectivity index (χ1) is 14.1. The first-order valence-corrected chi connectivity index (χ1v) is 11.4. The summed E-state index contributed by atoms with van der Waals surface area (Å²) in [4.78, 5) is 0. The molecule has 5 heteroatoms. The summed E-state index contributed by atoms with van der Waals surface area (Å²) in [5, 5.41) is 4.76. The predicted octanol–water partition coefficient (Wildman–Crippen LogP) is 7.42. The van der Waals surface area contributed by atoms with E-state index in [4.69, 9.17) is 32.7 Å². The van der Waals surface area contributed by atoms with Crippen LogP contribution in [0.4, 0.5) is 0 Å². The van der Waals surface area contributed by atoms with Gasteiger partial charge in [0, 0.05) is 11.6 Å². The second-order valence-electron chi connectivity index (χ2n) is 7.20. The van der Waals surface area contributed by atoms with Gasteiger partial charge in [0.25, 0.3) is 0 Å². The third kappa shape index (κ3) is 8.86. The van der Waals surface area contributed by atoms with E-state index in [-0.39, 0.29) is 0 Å². The molecular weight excluding hydrogens is 405 g/mol. The van der Waals surface area contributed by atoms with E-state index in [2.05, 4.69) is 12.2 Å². The van der Waals surface area contributed by atoms with Crippen LogP contribution in [-0.2, 0) is 13.2 Å². The van der Waals surface area contributed by atoms with Crippen molar-refractivity contribution >= 4 is 23.2 Å². The summed E-state index contributed by atoms with van der Waals surface area (Å²) in [5.41, 5.74) is 2.08. The van der Waals surface area contributed by atoms with Gasteiger partial charge in [-0.15, -0.1) is 0 Å². The Kier molecular flexibility index (Phi) is 11.3. The van der Waals surface area contributed by atoms with Crippen molar-refractivity contribution in [3.05, 3.63) is 57.6 Å². The van der Waals surface area contributed by atoms with Crippen LogP contribution in [0, 0.1) is 0 Å². The summed E-state index contributed by atoms with van der Waals surface area (Å²) in [5.74, 6) is 1.26. The first-order valence-electron chi connectivity index (χ1n) is 10.7. The van der Waals surface area contributed by atoms with Crippen molar-refractivity contribution < 1.29 is 9.47 Å². The number of nitrogens with one attached hydrogen (secondary N) is 1. The zero-order chi connectivity index (χ0) is 20.9. The Labute approximate surface area is 185 Å². The van der Waals surface area contributed by atoms with Gasteiger partial charge >= 0.3 is 0 Å². The van der Waals surface area contributed by atoms with E-state index in [9.17, 15) is 0 Å². The first kappa shape index (κ1) is 23.9. The third-order valence-electron chi connectivity index (χ3n) is 4.68. The molecule has 0 aliphatic carbocycles. The van der Waals surface area contributed by atoms with Crippen LogP contribution in [0.25, 0.3) is 0 Å². The molecule has 0 bridgehead atoms. The van der Waals surface area contributed by atoms with Gasteiger partial charge in [-0.25, -0.2) is 0 Å². The molecule has 29 heavy (non-hydrogen) atoms. The monoisotopic (exact) mass is 437 g/mol. The quantitative estimate of drug-likeness (QED) is 0.311. The van der Waals surface area contributed by atoms with Gasteiger partial charge in [0.15, 0.2) is 11.5 Å². The van der Waals surface area contributed by atoms with Crippen LogP contribution in [0.3, 0.4) is 0 Å². The van der Waals surface area contributed by atoms with E-state index in [1.165, 1.54) is 38.5 Å². The minimum atomic E-state index is 0.385. The predicted molar refractivity (Wildman–Crippen MR) is 123 cm³/mol. The maximum absolute atomic E-state index is 6.52. The minimum Gasteiger partial charge on any atom is -0.490 e. The Morgan fingerprint density at radius 3 is 2.41 bits per heavy atom. The van der Waals surface area contributed by atoms with Gasteiger partial charge in [0.2, 0.25) is 0 Å².